The van der Waals surface area contributed by atoms with E-state index in [0.29, 0.717) is 33.2 Å². The fraction of sp³-hybridized carbons (Fsp3) is 0.250. The summed E-state index contributed by atoms with van der Waals surface area (Å²) < 4.78 is 62.1. The molecule has 0 spiro atoms. The van der Waals surface area contributed by atoms with E-state index in [-0.39, 0.29) is 17.3 Å². The highest BCUT2D eigenvalue weighted by Crippen LogP contribution is 2.38. The quantitative estimate of drug-likeness (QED) is 0.287. The molecule has 0 fully saturated rings. The molecule has 0 amide bonds. The molecule has 0 saturated carbocycles. The highest BCUT2D eigenvalue weighted by atomic mass is 79.9. The summed E-state index contributed by atoms with van der Waals surface area (Å²) in [5.41, 5.74) is 0.145. The van der Waals surface area contributed by atoms with Crippen LogP contribution in [0.3, 0.4) is 0 Å². The van der Waals surface area contributed by atoms with E-state index in [1.165, 1.54) is 37.8 Å². The minimum absolute atomic E-state index is 0.166. The molecule has 4 aromatic rings. The van der Waals surface area contributed by atoms with Gasteiger partial charge in [-0.25, -0.2) is 12.8 Å². The van der Waals surface area contributed by atoms with Crippen LogP contribution in [-0.2, 0) is 10.0 Å². The standard InChI is InChI=1S/C24H24BrFN4O6S/c1-13-8-11-20(36-13)23-27-28-24(30(23)21-18(34-3)6-5-7-19(21)35-4)29-37(32,33)14(2)22(31)16-10-9-15(25)12-17(16)26/h5-12,14,22,31H,1-4H3,(H,28,29)/t14-,22-/m1/s1. The molecule has 2 aromatic carbocycles. The predicted octanol–water partition coefficient (Wildman–Crippen LogP) is 4.62. The van der Waals surface area contributed by atoms with Gasteiger partial charge in [0.05, 0.1) is 14.2 Å². The number of halogens is 2. The molecule has 0 radical (unpaired) electrons. The van der Waals surface area contributed by atoms with E-state index in [4.69, 9.17) is 13.9 Å². The Balaban J connectivity index is 1.82. The lowest BCUT2D eigenvalue weighted by Gasteiger charge is -2.22. The van der Waals surface area contributed by atoms with Crippen LogP contribution >= 0.6 is 15.9 Å². The van der Waals surface area contributed by atoms with Gasteiger partial charge >= 0.3 is 0 Å². The number of anilines is 1. The number of para-hydroxylation sites is 1. The lowest BCUT2D eigenvalue weighted by Crippen LogP contribution is -2.32. The van der Waals surface area contributed by atoms with Crippen LogP contribution < -0.4 is 14.2 Å². The normalized spacial score (nSPS) is 13.3. The van der Waals surface area contributed by atoms with Gasteiger partial charge in [0.15, 0.2) is 5.76 Å². The molecule has 2 heterocycles. The molecule has 2 N–H and O–H groups in total. The number of aryl methyl sites for hydroxylation is 1. The van der Waals surface area contributed by atoms with Crippen LogP contribution in [0.4, 0.5) is 10.3 Å². The molecule has 37 heavy (non-hydrogen) atoms. The SMILES string of the molecule is COc1cccc(OC)c1-n1c(NS(=O)(=O)[C@H](C)[C@@H](O)c2ccc(Br)cc2F)nnc1-c1ccc(C)o1. The summed E-state index contributed by atoms with van der Waals surface area (Å²) in [6.45, 7) is 3.01. The maximum atomic E-state index is 14.5. The molecule has 0 aliphatic rings. The zero-order chi connectivity index (χ0) is 26.9. The first-order valence-electron chi connectivity index (χ1n) is 11.0. The van der Waals surface area contributed by atoms with Crippen LogP contribution in [0, 0.1) is 12.7 Å². The first kappa shape index (κ1) is 26.6. The molecule has 10 nitrogen and oxygen atoms in total. The summed E-state index contributed by atoms with van der Waals surface area (Å²) in [4.78, 5) is 0. The molecular formula is C24H24BrFN4O6S. The first-order chi connectivity index (χ1) is 17.6. The van der Waals surface area contributed by atoms with Gasteiger partial charge in [-0.15, -0.1) is 10.2 Å². The molecule has 196 valence electrons. The number of aliphatic hydroxyl groups is 1. The topological polar surface area (TPSA) is 129 Å². The van der Waals surface area contributed by atoms with Gasteiger partial charge in [0.2, 0.25) is 21.8 Å². The fourth-order valence-corrected chi connectivity index (χ4v) is 5.10. The Morgan fingerprint density at radius 1 is 1.11 bits per heavy atom. The number of hydrogen-bond acceptors (Lipinski definition) is 8. The van der Waals surface area contributed by atoms with Crippen molar-refractivity contribution in [3.63, 3.8) is 0 Å². The second kappa shape index (κ2) is 10.5. The molecular weight excluding hydrogens is 571 g/mol. The van der Waals surface area contributed by atoms with Crippen molar-refractivity contribution in [1.82, 2.24) is 14.8 Å². The zero-order valence-corrected chi connectivity index (χ0v) is 22.7. The Hall–Kier alpha value is -3.42. The van der Waals surface area contributed by atoms with Crippen molar-refractivity contribution >= 4 is 31.9 Å². The average Bonchev–Trinajstić information content (AvgIpc) is 3.47. The van der Waals surface area contributed by atoms with E-state index in [0.717, 1.165) is 6.07 Å². The van der Waals surface area contributed by atoms with Crippen LogP contribution in [0.5, 0.6) is 11.5 Å². The number of nitrogens with one attached hydrogen (secondary N) is 1. The van der Waals surface area contributed by atoms with E-state index >= 15 is 0 Å². The monoisotopic (exact) mass is 594 g/mol. The summed E-state index contributed by atoms with van der Waals surface area (Å²) in [6.07, 6.45) is -1.67. The van der Waals surface area contributed by atoms with Gasteiger partial charge in [0.1, 0.15) is 40.1 Å². The van der Waals surface area contributed by atoms with Crippen molar-refractivity contribution < 1.29 is 31.8 Å². The van der Waals surface area contributed by atoms with Gasteiger partial charge in [-0.05, 0) is 50.2 Å². The number of sulfonamides is 1. The predicted molar refractivity (Wildman–Crippen MR) is 138 cm³/mol. The minimum atomic E-state index is -4.33. The number of ether oxygens (including phenoxy) is 2. The smallest absolute Gasteiger partial charge is 0.243 e. The number of furan rings is 1. The lowest BCUT2D eigenvalue weighted by molar-refractivity contribution is 0.171. The third kappa shape index (κ3) is 5.20. The highest BCUT2D eigenvalue weighted by molar-refractivity contribution is 9.10. The summed E-state index contributed by atoms with van der Waals surface area (Å²) in [7, 11) is -1.43. The van der Waals surface area contributed by atoms with Crippen LogP contribution in [0.25, 0.3) is 17.3 Å². The molecule has 0 unspecified atom stereocenters. The average molecular weight is 595 g/mol. The summed E-state index contributed by atoms with van der Waals surface area (Å²) in [5.74, 6) is 0.799. The molecule has 0 aliphatic heterocycles. The van der Waals surface area contributed by atoms with Crippen LogP contribution in [-0.4, -0.2) is 47.8 Å². The maximum Gasteiger partial charge on any atom is 0.243 e. The van der Waals surface area contributed by atoms with Crippen LogP contribution in [0.15, 0.2) is 57.4 Å². The number of rotatable bonds is 9. The number of aromatic nitrogens is 3. The summed E-state index contributed by atoms with van der Waals surface area (Å²) in [5, 5.41) is 17.5. The fourth-order valence-electron chi connectivity index (χ4n) is 3.71. The number of nitrogens with zero attached hydrogens (tertiary/aromatic N) is 3. The second-order valence-electron chi connectivity index (χ2n) is 8.07. The highest BCUT2D eigenvalue weighted by Gasteiger charge is 2.34. The molecule has 13 heteroatoms. The molecule has 4 rings (SSSR count). The summed E-state index contributed by atoms with van der Waals surface area (Å²) in [6, 6.07) is 12.4. The van der Waals surface area contributed by atoms with Crippen LogP contribution in [0.1, 0.15) is 24.4 Å². The van der Waals surface area contributed by atoms with Gasteiger partial charge in [0.25, 0.3) is 0 Å². The Morgan fingerprint density at radius 2 is 1.78 bits per heavy atom. The van der Waals surface area contributed by atoms with E-state index in [1.807, 2.05) is 0 Å². The molecule has 0 saturated heterocycles. The summed E-state index contributed by atoms with van der Waals surface area (Å²) >= 11 is 3.14. The first-order valence-corrected chi connectivity index (χ1v) is 13.3. The lowest BCUT2D eigenvalue weighted by atomic mass is 10.1. The van der Waals surface area contributed by atoms with E-state index in [1.54, 1.807) is 37.3 Å². The minimum Gasteiger partial charge on any atom is -0.494 e. The second-order valence-corrected chi connectivity index (χ2v) is 11.0. The van der Waals surface area contributed by atoms with Crippen LogP contribution in [0.2, 0.25) is 0 Å². The van der Waals surface area contributed by atoms with E-state index < -0.39 is 27.2 Å². The van der Waals surface area contributed by atoms with Gasteiger partial charge < -0.3 is 19.0 Å². The van der Waals surface area contributed by atoms with Gasteiger partial charge in [-0.2, -0.15) is 0 Å². The van der Waals surface area contributed by atoms with Gasteiger partial charge in [0, 0.05) is 10.0 Å². The Bertz CT molecular complexity index is 1520. The van der Waals surface area contributed by atoms with Crippen molar-refractivity contribution in [1.29, 1.82) is 0 Å². The zero-order valence-electron chi connectivity index (χ0n) is 20.3. The number of benzene rings is 2. The van der Waals surface area contributed by atoms with Gasteiger partial charge in [-0.1, -0.05) is 28.1 Å². The molecule has 2 atom stereocenters. The van der Waals surface area contributed by atoms with Crippen molar-refractivity contribution in [3.8, 4) is 28.8 Å². The van der Waals surface area contributed by atoms with Crippen molar-refractivity contribution in [2.24, 2.45) is 0 Å². The largest absolute Gasteiger partial charge is 0.494 e. The number of aliphatic hydroxyl groups excluding tert-OH is 1. The Labute approximate surface area is 221 Å². The molecule has 2 aromatic heterocycles. The van der Waals surface area contributed by atoms with Crippen molar-refractivity contribution in [3.05, 3.63) is 70.1 Å². The number of hydrogen-bond donors (Lipinski definition) is 2. The van der Waals surface area contributed by atoms with Crippen molar-refractivity contribution in [2.45, 2.75) is 25.2 Å². The van der Waals surface area contributed by atoms with Gasteiger partial charge in [-0.3, -0.25) is 9.29 Å². The molecule has 0 bridgehead atoms. The maximum absolute atomic E-state index is 14.5. The Kier molecular flexibility index (Phi) is 7.57. The third-order valence-electron chi connectivity index (χ3n) is 5.70. The van der Waals surface area contributed by atoms with E-state index in [9.17, 15) is 17.9 Å². The molecule has 0 aliphatic carbocycles. The Morgan fingerprint density at radius 3 is 2.35 bits per heavy atom. The van der Waals surface area contributed by atoms with E-state index in [2.05, 4.69) is 30.8 Å². The van der Waals surface area contributed by atoms with Crippen molar-refractivity contribution in [2.75, 3.05) is 18.9 Å². The third-order valence-corrected chi connectivity index (χ3v) is 7.90. The number of methoxy groups -OCH3 is 2.